The van der Waals surface area contributed by atoms with Crippen LogP contribution in [0.4, 0.5) is 0 Å². The third kappa shape index (κ3) is 65.7. The molecule has 0 amide bonds. The van der Waals surface area contributed by atoms with Gasteiger partial charge in [0.2, 0.25) is 0 Å². The predicted molar refractivity (Wildman–Crippen MR) is 344 cm³/mol. The molecule has 0 aromatic carbocycles. The fourth-order valence-electron chi connectivity index (χ4n) is 11.3. The lowest BCUT2D eigenvalue weighted by atomic mass is 10.0. The molecule has 0 spiro atoms. The molecule has 482 valence electrons. The lowest BCUT2D eigenvalue weighted by Crippen LogP contribution is -2.44. The van der Waals surface area contributed by atoms with E-state index in [4.69, 9.17) is 18.9 Å². The van der Waals surface area contributed by atoms with Gasteiger partial charge in [0.15, 0.2) is 12.4 Å². The lowest BCUT2D eigenvalue weighted by Gasteiger charge is -2.26. The Balaban J connectivity index is 4.01. The molecular formula is C72H141NO8. The molecule has 9 nitrogen and oxygen atoms in total. The summed E-state index contributed by atoms with van der Waals surface area (Å²) < 4.78 is 22.8. The molecule has 2 unspecified atom stereocenters. The van der Waals surface area contributed by atoms with Gasteiger partial charge in [0.05, 0.1) is 40.3 Å². The number of rotatable bonds is 69. The first-order valence-corrected chi connectivity index (χ1v) is 36.2. The maximum Gasteiger partial charge on any atom is 0.306 e. The highest BCUT2D eigenvalue weighted by Crippen LogP contribution is 2.20. The Hall–Kier alpha value is -1.71. The molecular weight excluding hydrogens is 1010 g/mol. The number of aliphatic carboxylic acids is 1. The van der Waals surface area contributed by atoms with Crippen molar-refractivity contribution in [3.63, 3.8) is 0 Å². The van der Waals surface area contributed by atoms with E-state index in [0.717, 1.165) is 38.5 Å². The second kappa shape index (κ2) is 64.3. The van der Waals surface area contributed by atoms with E-state index in [1.165, 1.54) is 321 Å². The lowest BCUT2D eigenvalue weighted by molar-refractivity contribution is -0.870. The summed E-state index contributed by atoms with van der Waals surface area (Å²) in [6.07, 6.45) is 73.5. The van der Waals surface area contributed by atoms with Gasteiger partial charge in [0.1, 0.15) is 13.2 Å². The number of hydrogen-bond acceptors (Lipinski definition) is 8. The van der Waals surface area contributed by atoms with Crippen LogP contribution >= 0.6 is 0 Å². The quantitative estimate of drug-likeness (QED) is 0.0256. The SMILES string of the molecule is CCCCCCCCCCCCCCCCCCCCCCCCCCCCCCCCCCC(=O)OC(COC(=O)CCCCCCCCCCCCCCCCCCCCCCCCCC)COC(OCC[N+](C)(C)C)C(=O)[O-]. The summed E-state index contributed by atoms with van der Waals surface area (Å²) in [6.45, 7) is 4.85. The third-order valence-corrected chi connectivity index (χ3v) is 16.9. The van der Waals surface area contributed by atoms with E-state index >= 15 is 0 Å². The molecule has 0 rings (SSSR count). The van der Waals surface area contributed by atoms with E-state index in [9.17, 15) is 19.5 Å². The predicted octanol–water partition coefficient (Wildman–Crippen LogP) is 20.9. The van der Waals surface area contributed by atoms with Crippen LogP contribution in [0.1, 0.15) is 386 Å². The first-order chi connectivity index (χ1) is 39.6. The zero-order valence-corrected chi connectivity index (χ0v) is 55.2. The van der Waals surface area contributed by atoms with Crippen LogP contribution in [0.2, 0.25) is 0 Å². The van der Waals surface area contributed by atoms with Crippen molar-refractivity contribution in [1.29, 1.82) is 0 Å². The Morgan fingerprint density at radius 2 is 0.556 bits per heavy atom. The second-order valence-corrected chi connectivity index (χ2v) is 26.3. The van der Waals surface area contributed by atoms with Gasteiger partial charge in [0.25, 0.3) is 0 Å². The normalized spacial score (nSPS) is 12.6. The first-order valence-electron chi connectivity index (χ1n) is 36.2. The van der Waals surface area contributed by atoms with Crippen molar-refractivity contribution in [3.05, 3.63) is 0 Å². The average Bonchev–Trinajstić information content (AvgIpc) is 3.44. The monoisotopic (exact) mass is 1150 g/mol. The number of carbonyl (C=O) groups is 3. The maximum atomic E-state index is 12.9. The molecule has 0 saturated carbocycles. The number of carboxylic acids is 1. The Bertz CT molecular complexity index is 1290. The van der Waals surface area contributed by atoms with Crippen molar-refractivity contribution in [2.45, 2.75) is 399 Å². The molecule has 0 aliphatic heterocycles. The minimum Gasteiger partial charge on any atom is -0.545 e. The zero-order chi connectivity index (χ0) is 59.1. The molecule has 0 aliphatic rings. The number of likely N-dealkylation sites (N-methyl/N-ethyl adjacent to an activating group) is 1. The molecule has 0 bridgehead atoms. The Morgan fingerprint density at radius 3 is 0.790 bits per heavy atom. The summed E-state index contributed by atoms with van der Waals surface area (Å²) in [7, 11) is 5.95. The van der Waals surface area contributed by atoms with Crippen molar-refractivity contribution in [2.75, 3.05) is 47.5 Å². The minimum absolute atomic E-state index is 0.154. The van der Waals surface area contributed by atoms with Gasteiger partial charge < -0.3 is 33.3 Å². The topological polar surface area (TPSA) is 111 Å². The number of hydrogen-bond donors (Lipinski definition) is 0. The molecule has 0 radical (unpaired) electrons. The van der Waals surface area contributed by atoms with Crippen LogP contribution in [0.25, 0.3) is 0 Å². The van der Waals surface area contributed by atoms with Gasteiger partial charge in [-0.2, -0.15) is 0 Å². The van der Waals surface area contributed by atoms with Crippen molar-refractivity contribution >= 4 is 17.9 Å². The van der Waals surface area contributed by atoms with Gasteiger partial charge in [-0.15, -0.1) is 0 Å². The third-order valence-electron chi connectivity index (χ3n) is 16.9. The number of carboxylic acid groups (broad SMARTS) is 1. The van der Waals surface area contributed by atoms with E-state index < -0.39 is 24.3 Å². The van der Waals surface area contributed by atoms with Crippen LogP contribution in [0.3, 0.4) is 0 Å². The van der Waals surface area contributed by atoms with Gasteiger partial charge in [-0.05, 0) is 12.8 Å². The Morgan fingerprint density at radius 1 is 0.321 bits per heavy atom. The van der Waals surface area contributed by atoms with Crippen LogP contribution in [-0.2, 0) is 33.3 Å². The molecule has 2 atom stereocenters. The molecule has 0 N–H and O–H groups in total. The van der Waals surface area contributed by atoms with Gasteiger partial charge in [-0.1, -0.05) is 361 Å². The highest BCUT2D eigenvalue weighted by atomic mass is 16.7. The summed E-state index contributed by atoms with van der Waals surface area (Å²) in [5.41, 5.74) is 0. The van der Waals surface area contributed by atoms with Gasteiger partial charge in [0, 0.05) is 12.8 Å². The zero-order valence-electron chi connectivity index (χ0n) is 55.2. The number of nitrogens with zero attached hydrogens (tertiary/aromatic N) is 1. The fourth-order valence-corrected chi connectivity index (χ4v) is 11.3. The number of esters is 2. The standard InChI is InChI=1S/C72H141NO8/c1-6-8-10-12-14-16-18-20-22-24-26-28-30-32-33-34-35-36-37-38-39-41-43-45-47-49-51-53-55-57-59-61-63-70(75)81-68(67-80-72(71(76)77)78-65-64-73(3,4)5)66-79-69(74)62-60-58-56-54-52-50-48-46-44-42-40-31-29-27-25-23-21-19-17-15-13-11-9-7-2/h68,72H,6-67H2,1-5H3. The second-order valence-electron chi connectivity index (χ2n) is 26.3. The average molecular weight is 1150 g/mol. The van der Waals surface area contributed by atoms with E-state index in [-0.39, 0.29) is 32.2 Å². The minimum atomic E-state index is -1.62. The van der Waals surface area contributed by atoms with Gasteiger partial charge in [-0.25, -0.2) is 0 Å². The van der Waals surface area contributed by atoms with Crippen LogP contribution < -0.4 is 5.11 Å². The van der Waals surface area contributed by atoms with Crippen LogP contribution in [0.5, 0.6) is 0 Å². The molecule has 0 fully saturated rings. The first kappa shape index (κ1) is 79.3. The Kier molecular flexibility index (Phi) is 62.9. The molecule has 0 aromatic heterocycles. The number of unbranched alkanes of at least 4 members (excludes halogenated alkanes) is 54. The largest absolute Gasteiger partial charge is 0.545 e. The fraction of sp³-hybridized carbons (Fsp3) is 0.958. The summed E-state index contributed by atoms with van der Waals surface area (Å²) in [5, 5.41) is 11.8. The summed E-state index contributed by atoms with van der Waals surface area (Å²) in [4.78, 5) is 37.5. The molecule has 0 aromatic rings. The van der Waals surface area contributed by atoms with E-state index in [2.05, 4.69) is 13.8 Å². The maximum absolute atomic E-state index is 12.9. The van der Waals surface area contributed by atoms with Crippen molar-refractivity contribution < 1.29 is 42.9 Å². The van der Waals surface area contributed by atoms with E-state index in [1.807, 2.05) is 21.1 Å². The van der Waals surface area contributed by atoms with Gasteiger partial charge in [-0.3, -0.25) is 9.59 Å². The molecule has 0 heterocycles. The number of ether oxygens (including phenoxy) is 4. The van der Waals surface area contributed by atoms with E-state index in [0.29, 0.717) is 17.4 Å². The van der Waals surface area contributed by atoms with Gasteiger partial charge >= 0.3 is 11.9 Å². The smallest absolute Gasteiger partial charge is 0.306 e. The molecule has 81 heavy (non-hydrogen) atoms. The van der Waals surface area contributed by atoms with Crippen LogP contribution in [0.15, 0.2) is 0 Å². The summed E-state index contributed by atoms with van der Waals surface area (Å²) in [6, 6.07) is 0. The van der Waals surface area contributed by atoms with E-state index in [1.54, 1.807) is 0 Å². The summed E-state index contributed by atoms with van der Waals surface area (Å²) >= 11 is 0. The number of quaternary nitrogens is 1. The van der Waals surface area contributed by atoms with Crippen molar-refractivity contribution in [1.82, 2.24) is 0 Å². The molecule has 9 heteroatoms. The molecule has 0 aliphatic carbocycles. The summed E-state index contributed by atoms with van der Waals surface area (Å²) in [5.74, 6) is -2.24. The van der Waals surface area contributed by atoms with Crippen molar-refractivity contribution in [3.8, 4) is 0 Å². The Labute approximate surface area is 504 Å². The molecule has 0 saturated heterocycles. The van der Waals surface area contributed by atoms with Crippen LogP contribution in [0, 0.1) is 0 Å². The van der Waals surface area contributed by atoms with Crippen LogP contribution in [-0.4, -0.2) is 82.3 Å². The van der Waals surface area contributed by atoms with Crippen molar-refractivity contribution in [2.24, 2.45) is 0 Å². The highest BCUT2D eigenvalue weighted by molar-refractivity contribution is 5.70. The number of carbonyl (C=O) groups excluding carboxylic acids is 3. The highest BCUT2D eigenvalue weighted by Gasteiger charge is 2.22.